The van der Waals surface area contributed by atoms with Gasteiger partial charge in [0.2, 0.25) is 0 Å². The number of nitrogens with zero attached hydrogens (tertiary/aromatic N) is 4. The van der Waals surface area contributed by atoms with Gasteiger partial charge in [-0.05, 0) is 15.9 Å². The molecule has 0 radical (unpaired) electrons. The second-order valence-corrected chi connectivity index (χ2v) is 6.97. The fourth-order valence-corrected chi connectivity index (χ4v) is 2.97. The van der Waals surface area contributed by atoms with Crippen LogP contribution in [0.15, 0.2) is 10.7 Å². The first kappa shape index (κ1) is 18.5. The average Bonchev–Trinajstić information content (AvgIpc) is 2.69. The van der Waals surface area contributed by atoms with E-state index in [4.69, 9.17) is 10.5 Å². The number of rotatable bonds is 4. The van der Waals surface area contributed by atoms with Crippen LogP contribution in [0.25, 0.3) is 0 Å². The lowest BCUT2D eigenvalue weighted by molar-refractivity contribution is -0.147. The molecule has 0 saturated heterocycles. The lowest BCUT2D eigenvalue weighted by Crippen LogP contribution is -2.25. The molecular formula is C14H16BrF3N4. The number of alkyl halides is 3. The Kier molecular flexibility index (Phi) is 5.64. The molecule has 0 aromatic carbocycles. The Bertz CT molecular complexity index is 588. The van der Waals surface area contributed by atoms with Crippen LogP contribution in [0.5, 0.6) is 0 Å². The van der Waals surface area contributed by atoms with Crippen molar-refractivity contribution in [1.29, 1.82) is 10.5 Å². The van der Waals surface area contributed by atoms with Gasteiger partial charge in [0, 0.05) is 24.1 Å². The first-order valence-corrected chi connectivity index (χ1v) is 7.36. The van der Waals surface area contributed by atoms with E-state index in [9.17, 15) is 13.2 Å². The molecule has 8 heteroatoms. The molecule has 0 aliphatic heterocycles. The molecule has 0 N–H and O–H groups in total. The van der Waals surface area contributed by atoms with Gasteiger partial charge in [-0.25, -0.2) is 0 Å². The van der Waals surface area contributed by atoms with E-state index in [1.165, 1.54) is 4.68 Å². The fourth-order valence-electron chi connectivity index (χ4n) is 2.06. The van der Waals surface area contributed by atoms with Crippen LogP contribution in [0, 0.1) is 34.5 Å². The Morgan fingerprint density at radius 2 is 1.82 bits per heavy atom. The van der Waals surface area contributed by atoms with E-state index in [-0.39, 0.29) is 12.0 Å². The van der Waals surface area contributed by atoms with E-state index in [0.717, 1.165) is 0 Å². The molecule has 1 unspecified atom stereocenters. The molecule has 0 amide bonds. The predicted octanol–water partition coefficient (Wildman–Crippen LogP) is 4.18. The summed E-state index contributed by atoms with van der Waals surface area (Å²) in [5.74, 6) is -2.49. The highest BCUT2D eigenvalue weighted by Crippen LogP contribution is 2.32. The smallest absolute Gasteiger partial charge is 0.271 e. The summed E-state index contributed by atoms with van der Waals surface area (Å²) in [7, 11) is 0. The van der Waals surface area contributed by atoms with Gasteiger partial charge in [0.1, 0.15) is 5.92 Å². The minimum Gasteiger partial charge on any atom is -0.271 e. The van der Waals surface area contributed by atoms with Crippen molar-refractivity contribution in [3.63, 3.8) is 0 Å². The maximum absolute atomic E-state index is 12.7. The summed E-state index contributed by atoms with van der Waals surface area (Å²) < 4.78 is 40.0. The third-order valence-corrected chi connectivity index (χ3v) is 3.67. The van der Waals surface area contributed by atoms with E-state index in [1.54, 1.807) is 18.3 Å². The Hall–Kier alpha value is -1.54. The summed E-state index contributed by atoms with van der Waals surface area (Å²) in [6.45, 7) is 5.67. The van der Waals surface area contributed by atoms with Gasteiger partial charge in [-0.1, -0.05) is 20.8 Å². The lowest BCUT2D eigenvalue weighted by Gasteiger charge is -2.19. The van der Waals surface area contributed by atoms with Gasteiger partial charge in [0.25, 0.3) is 0 Å². The lowest BCUT2D eigenvalue weighted by atomic mass is 9.91. The quantitative estimate of drug-likeness (QED) is 0.791. The molecule has 1 heterocycles. The SMILES string of the molecule is CC(C)(C)c1nn(CC(CC(F)(F)F)C(C#N)C#N)cc1Br. The van der Waals surface area contributed by atoms with Crippen molar-refractivity contribution in [3.8, 4) is 12.1 Å². The maximum atomic E-state index is 12.7. The van der Waals surface area contributed by atoms with Crippen molar-refractivity contribution < 1.29 is 13.2 Å². The van der Waals surface area contributed by atoms with Crippen LogP contribution >= 0.6 is 15.9 Å². The topological polar surface area (TPSA) is 65.4 Å². The Balaban J connectivity index is 3.06. The number of hydrogen-bond donors (Lipinski definition) is 0. The molecule has 1 aromatic rings. The van der Waals surface area contributed by atoms with Crippen LogP contribution in [0.1, 0.15) is 32.9 Å². The molecule has 0 aliphatic carbocycles. The monoisotopic (exact) mass is 376 g/mol. The highest BCUT2D eigenvalue weighted by atomic mass is 79.9. The molecule has 1 aromatic heterocycles. The van der Waals surface area contributed by atoms with Crippen LogP contribution in [-0.2, 0) is 12.0 Å². The first-order valence-electron chi connectivity index (χ1n) is 6.57. The second kappa shape index (κ2) is 6.70. The van der Waals surface area contributed by atoms with Crippen molar-refractivity contribution in [1.82, 2.24) is 9.78 Å². The standard InChI is InChI=1S/C14H16BrF3N4/c1-13(2,3)12-11(15)8-22(21-12)7-9(4-14(16,17)18)10(5-19)6-20/h8-10H,4,7H2,1-3H3. The van der Waals surface area contributed by atoms with Gasteiger partial charge in [0.15, 0.2) is 0 Å². The van der Waals surface area contributed by atoms with Crippen molar-refractivity contribution in [2.45, 2.75) is 45.3 Å². The van der Waals surface area contributed by atoms with Gasteiger partial charge in [-0.2, -0.15) is 28.8 Å². The van der Waals surface area contributed by atoms with Crippen LogP contribution in [0.2, 0.25) is 0 Å². The van der Waals surface area contributed by atoms with Crippen LogP contribution in [0.3, 0.4) is 0 Å². The van der Waals surface area contributed by atoms with E-state index < -0.39 is 24.4 Å². The third kappa shape index (κ3) is 5.03. The zero-order valence-electron chi connectivity index (χ0n) is 12.4. The summed E-state index contributed by atoms with van der Waals surface area (Å²) in [5, 5.41) is 22.0. The van der Waals surface area contributed by atoms with Gasteiger partial charge in [-0.3, -0.25) is 4.68 Å². The van der Waals surface area contributed by atoms with Gasteiger partial charge >= 0.3 is 6.18 Å². The van der Waals surface area contributed by atoms with Crippen molar-refractivity contribution in [2.24, 2.45) is 11.8 Å². The molecule has 120 valence electrons. The number of nitriles is 2. The summed E-state index contributed by atoms with van der Waals surface area (Å²) in [6.07, 6.45) is -4.05. The average molecular weight is 377 g/mol. The van der Waals surface area contributed by atoms with Crippen molar-refractivity contribution in [3.05, 3.63) is 16.4 Å². The molecule has 0 aliphatic rings. The Labute approximate surface area is 135 Å². The normalized spacial score (nSPS) is 13.7. The number of aromatic nitrogens is 2. The summed E-state index contributed by atoms with van der Waals surface area (Å²) in [5.41, 5.74) is 0.441. The predicted molar refractivity (Wildman–Crippen MR) is 77.5 cm³/mol. The minimum absolute atomic E-state index is 0.139. The molecule has 4 nitrogen and oxygen atoms in total. The van der Waals surface area contributed by atoms with Gasteiger partial charge < -0.3 is 0 Å². The summed E-state index contributed by atoms with van der Waals surface area (Å²) in [6, 6.07) is 3.26. The molecular weight excluding hydrogens is 361 g/mol. The molecule has 1 rings (SSSR count). The number of halogens is 4. The molecule has 0 fully saturated rings. The van der Waals surface area contributed by atoms with Crippen molar-refractivity contribution >= 4 is 15.9 Å². The highest BCUT2D eigenvalue weighted by Gasteiger charge is 2.36. The summed E-state index contributed by atoms with van der Waals surface area (Å²) >= 11 is 3.34. The van der Waals surface area contributed by atoms with Crippen LogP contribution in [-0.4, -0.2) is 16.0 Å². The van der Waals surface area contributed by atoms with E-state index in [0.29, 0.717) is 10.2 Å². The van der Waals surface area contributed by atoms with Crippen LogP contribution < -0.4 is 0 Å². The number of hydrogen-bond acceptors (Lipinski definition) is 3. The summed E-state index contributed by atoms with van der Waals surface area (Å²) in [4.78, 5) is 0. The Morgan fingerprint density at radius 3 is 2.18 bits per heavy atom. The maximum Gasteiger partial charge on any atom is 0.389 e. The van der Waals surface area contributed by atoms with Gasteiger partial charge in [0.05, 0.1) is 28.7 Å². The largest absolute Gasteiger partial charge is 0.389 e. The fraction of sp³-hybridized carbons (Fsp3) is 0.643. The first-order chi connectivity index (χ1) is 9.97. The zero-order valence-corrected chi connectivity index (χ0v) is 14.0. The molecule has 1 atom stereocenters. The molecule has 0 saturated carbocycles. The van der Waals surface area contributed by atoms with Crippen molar-refractivity contribution in [2.75, 3.05) is 0 Å². The van der Waals surface area contributed by atoms with E-state index >= 15 is 0 Å². The van der Waals surface area contributed by atoms with Crippen LogP contribution in [0.4, 0.5) is 13.2 Å². The zero-order chi connectivity index (χ0) is 17.1. The second-order valence-electron chi connectivity index (χ2n) is 6.11. The minimum atomic E-state index is -4.44. The molecule has 22 heavy (non-hydrogen) atoms. The molecule has 0 bridgehead atoms. The van der Waals surface area contributed by atoms with E-state index in [1.807, 2.05) is 20.8 Å². The third-order valence-electron chi connectivity index (χ3n) is 3.09. The van der Waals surface area contributed by atoms with E-state index in [2.05, 4.69) is 21.0 Å². The van der Waals surface area contributed by atoms with Gasteiger partial charge in [-0.15, -0.1) is 0 Å². The molecule has 0 spiro atoms. The highest BCUT2D eigenvalue weighted by molar-refractivity contribution is 9.10. The Morgan fingerprint density at radius 1 is 1.27 bits per heavy atom.